The third-order valence-corrected chi connectivity index (χ3v) is 5.56. The summed E-state index contributed by atoms with van der Waals surface area (Å²) in [4.78, 5) is 29.0. The molecule has 0 atom stereocenters. The molecule has 0 unspecified atom stereocenters. The number of alkyl halides is 4. The molecule has 0 fully saturated rings. The Morgan fingerprint density at radius 2 is 1.77 bits per heavy atom. The van der Waals surface area contributed by atoms with Gasteiger partial charge in [0.15, 0.2) is 5.82 Å². The Morgan fingerprint density at radius 3 is 2.49 bits per heavy atom. The van der Waals surface area contributed by atoms with Crippen LogP contribution in [0.3, 0.4) is 0 Å². The maximum absolute atomic E-state index is 14.0. The lowest BCUT2D eigenvalue weighted by Gasteiger charge is -2.30. The number of nitrogens with one attached hydrogen (secondary N) is 2. The molecule has 0 saturated heterocycles. The lowest BCUT2D eigenvalue weighted by atomic mass is 10.0. The number of hydrogen-bond donors (Lipinski definition) is 3. The van der Waals surface area contributed by atoms with Crippen molar-refractivity contribution in [3.8, 4) is 16.9 Å². The van der Waals surface area contributed by atoms with Gasteiger partial charge in [0.2, 0.25) is 0 Å². The molecular weight excluding hydrogens is 528 g/mol. The molecule has 5 rings (SSSR count). The van der Waals surface area contributed by atoms with E-state index in [0.717, 1.165) is 18.2 Å². The van der Waals surface area contributed by atoms with Crippen LogP contribution in [0.15, 0.2) is 55.0 Å². The van der Waals surface area contributed by atoms with Gasteiger partial charge in [-0.3, -0.25) is 0 Å². The van der Waals surface area contributed by atoms with Crippen molar-refractivity contribution in [1.82, 2.24) is 14.6 Å². The molecular formula is C24H18F4N6O5. The van der Waals surface area contributed by atoms with Gasteiger partial charge >= 0.3 is 24.4 Å². The summed E-state index contributed by atoms with van der Waals surface area (Å²) in [6.45, 7) is 1.82. The summed E-state index contributed by atoms with van der Waals surface area (Å²) in [6.07, 6.45) is -6.13. The molecule has 0 radical (unpaired) electrons. The van der Waals surface area contributed by atoms with Crippen LogP contribution in [-0.4, -0.2) is 39.5 Å². The van der Waals surface area contributed by atoms with Crippen LogP contribution >= 0.6 is 0 Å². The Hall–Kier alpha value is -4.92. The predicted molar refractivity (Wildman–Crippen MR) is 128 cm³/mol. The monoisotopic (exact) mass is 546 g/mol. The van der Waals surface area contributed by atoms with Crippen molar-refractivity contribution in [3.63, 3.8) is 0 Å². The molecule has 11 nitrogen and oxygen atoms in total. The third-order valence-electron chi connectivity index (χ3n) is 5.56. The number of hydrogen-bond acceptors (Lipinski definition) is 8. The summed E-state index contributed by atoms with van der Waals surface area (Å²) in [5.41, 5.74) is 6.79. The molecule has 39 heavy (non-hydrogen) atoms. The number of rotatable bonds is 5. The van der Waals surface area contributed by atoms with Crippen LogP contribution in [0.2, 0.25) is 0 Å². The van der Waals surface area contributed by atoms with Gasteiger partial charge in [0.1, 0.15) is 17.6 Å². The number of halogens is 4. The van der Waals surface area contributed by atoms with Gasteiger partial charge in [-0.2, -0.15) is 13.9 Å². The van der Waals surface area contributed by atoms with Crippen LogP contribution in [0.25, 0.3) is 16.6 Å². The number of ether oxygens (including phenoxy) is 3. The van der Waals surface area contributed by atoms with E-state index in [1.54, 1.807) is 19.1 Å². The molecule has 15 heteroatoms. The number of nitrogens with zero attached hydrogens (tertiary/aromatic N) is 3. The van der Waals surface area contributed by atoms with Gasteiger partial charge in [0.25, 0.3) is 0 Å². The molecule has 4 N–H and O–H groups in total. The Bertz CT molecular complexity index is 1590. The summed E-state index contributed by atoms with van der Waals surface area (Å²) in [7, 11) is 0. The number of carbonyl (C=O) groups excluding carboxylic acids is 2. The smallest absolute Gasteiger partial charge is 0.462 e. The molecule has 0 aliphatic carbocycles. The van der Waals surface area contributed by atoms with Crippen molar-refractivity contribution in [1.29, 1.82) is 0 Å². The largest absolute Gasteiger partial charge is 0.540 e. The van der Waals surface area contributed by atoms with E-state index < -0.39 is 35.7 Å². The van der Waals surface area contributed by atoms with Crippen LogP contribution in [0.5, 0.6) is 5.75 Å². The lowest BCUT2D eigenvalue weighted by molar-refractivity contribution is -0.461. The minimum absolute atomic E-state index is 0.130. The molecule has 2 amide bonds. The number of urea groups is 1. The van der Waals surface area contributed by atoms with Crippen molar-refractivity contribution in [2.75, 3.05) is 23.0 Å². The van der Waals surface area contributed by atoms with Gasteiger partial charge in [-0.05, 0) is 42.8 Å². The number of benzene rings is 2. The number of nitrogen functional groups attached to an aromatic ring is 1. The van der Waals surface area contributed by atoms with E-state index in [1.807, 2.05) is 0 Å². The number of carbonyl (C=O) groups is 2. The average Bonchev–Trinajstić information content (AvgIpc) is 3.25. The van der Waals surface area contributed by atoms with E-state index in [-0.39, 0.29) is 23.7 Å². The standard InChI is InChI=1S/C24H18F4N6O5/c1-2-37-21(35)15-10-34-19(20(29)30-11-31-34)18(15)12-3-5-13(6-4-12)32-22(36)33-14-7-8-17-16(9-14)23(25,26)39-24(27,28)38-17/h3-11H,2H2,1H3,(H2,29,30,31)(H2,32,33,36). The molecule has 1 aliphatic heterocycles. The van der Waals surface area contributed by atoms with E-state index >= 15 is 0 Å². The normalized spacial score (nSPS) is 15.2. The van der Waals surface area contributed by atoms with E-state index in [2.05, 4.69) is 30.2 Å². The highest BCUT2D eigenvalue weighted by atomic mass is 19.3. The van der Waals surface area contributed by atoms with Crippen molar-refractivity contribution in [2.45, 2.75) is 19.3 Å². The van der Waals surface area contributed by atoms with Crippen LogP contribution in [0, 0.1) is 0 Å². The Morgan fingerprint density at radius 1 is 1.08 bits per heavy atom. The highest BCUT2D eigenvalue weighted by Crippen LogP contribution is 2.47. The Balaban J connectivity index is 1.36. The van der Waals surface area contributed by atoms with Gasteiger partial charge in [-0.25, -0.2) is 23.8 Å². The first kappa shape index (κ1) is 25.7. The summed E-state index contributed by atoms with van der Waals surface area (Å²) in [5, 5.41) is 8.93. The molecule has 0 spiro atoms. The molecule has 4 aromatic rings. The van der Waals surface area contributed by atoms with Gasteiger partial charge in [0.05, 0.1) is 17.7 Å². The second-order valence-electron chi connectivity index (χ2n) is 8.13. The molecule has 202 valence electrons. The predicted octanol–water partition coefficient (Wildman–Crippen LogP) is 4.81. The highest BCUT2D eigenvalue weighted by molar-refractivity contribution is 6.05. The molecule has 1 aliphatic rings. The fourth-order valence-corrected chi connectivity index (χ4v) is 3.98. The fourth-order valence-electron chi connectivity index (χ4n) is 3.98. The van der Waals surface area contributed by atoms with Gasteiger partial charge in [-0.15, -0.1) is 8.78 Å². The maximum atomic E-state index is 14.0. The van der Waals surface area contributed by atoms with E-state index in [4.69, 9.17) is 10.5 Å². The van der Waals surface area contributed by atoms with E-state index in [9.17, 15) is 27.2 Å². The Kier molecular flexibility index (Phi) is 6.22. The first-order valence-electron chi connectivity index (χ1n) is 11.2. The van der Waals surface area contributed by atoms with Crippen molar-refractivity contribution < 1.29 is 41.4 Å². The zero-order valence-corrected chi connectivity index (χ0v) is 19.9. The Labute approximate surface area is 216 Å². The summed E-state index contributed by atoms with van der Waals surface area (Å²) in [6, 6.07) is 8.19. The van der Waals surface area contributed by atoms with Gasteiger partial charge < -0.3 is 25.8 Å². The molecule has 2 aromatic heterocycles. The fraction of sp³-hybridized carbons (Fsp3) is 0.167. The average molecular weight is 546 g/mol. The first-order valence-corrected chi connectivity index (χ1v) is 11.2. The van der Waals surface area contributed by atoms with E-state index in [1.165, 1.54) is 29.2 Å². The van der Waals surface area contributed by atoms with Crippen LogP contribution in [0.1, 0.15) is 22.8 Å². The van der Waals surface area contributed by atoms with Crippen molar-refractivity contribution in [3.05, 3.63) is 66.1 Å². The lowest BCUT2D eigenvalue weighted by Crippen LogP contribution is -2.41. The minimum atomic E-state index is -4.50. The molecule has 0 bridgehead atoms. The number of esters is 1. The zero-order valence-electron chi connectivity index (χ0n) is 19.9. The van der Waals surface area contributed by atoms with Crippen LogP contribution < -0.4 is 21.1 Å². The number of anilines is 3. The minimum Gasteiger partial charge on any atom is -0.462 e. The van der Waals surface area contributed by atoms with Crippen molar-refractivity contribution in [2.24, 2.45) is 0 Å². The summed E-state index contributed by atoms with van der Waals surface area (Å²) in [5.74, 6) is -1.24. The number of amides is 2. The molecule has 2 aromatic carbocycles. The van der Waals surface area contributed by atoms with Gasteiger partial charge in [-0.1, -0.05) is 12.1 Å². The first-order chi connectivity index (χ1) is 18.5. The van der Waals surface area contributed by atoms with Crippen LogP contribution in [-0.2, 0) is 15.6 Å². The molecule has 3 heterocycles. The second kappa shape index (κ2) is 9.43. The summed E-state index contributed by atoms with van der Waals surface area (Å²) < 4.78 is 68.5. The topological polar surface area (TPSA) is 142 Å². The quantitative estimate of drug-likeness (QED) is 0.239. The number of aromatic nitrogens is 3. The van der Waals surface area contributed by atoms with Crippen molar-refractivity contribution >= 4 is 34.7 Å². The van der Waals surface area contributed by atoms with Crippen LogP contribution in [0.4, 0.5) is 39.5 Å². The number of nitrogens with two attached hydrogens (primary N) is 1. The van der Waals surface area contributed by atoms with E-state index in [0.29, 0.717) is 22.3 Å². The van der Waals surface area contributed by atoms with Gasteiger partial charge in [0, 0.05) is 23.1 Å². The maximum Gasteiger partial charge on any atom is 0.540 e. The SMILES string of the molecule is CCOC(=O)c1cn2ncnc(N)c2c1-c1ccc(NC(=O)Nc2ccc3c(c2)C(F)(F)OC(F)(F)O3)cc1. The third kappa shape index (κ3) is 4.98. The number of fused-ring (bicyclic) bond motifs is 2. The molecule has 0 saturated carbocycles. The second-order valence-corrected chi connectivity index (χ2v) is 8.13. The highest BCUT2D eigenvalue weighted by Gasteiger charge is 2.54. The zero-order chi connectivity index (χ0) is 27.9. The summed E-state index contributed by atoms with van der Waals surface area (Å²) >= 11 is 0.